The van der Waals surface area contributed by atoms with Crippen molar-refractivity contribution in [1.29, 1.82) is 0 Å². The summed E-state index contributed by atoms with van der Waals surface area (Å²) in [5, 5.41) is 25.9. The molecule has 0 aromatic heterocycles. The second-order valence-electron chi connectivity index (χ2n) is 2.62. The van der Waals surface area contributed by atoms with E-state index in [1.807, 2.05) is 0 Å². The third-order valence-corrected chi connectivity index (χ3v) is 2.03. The van der Waals surface area contributed by atoms with Crippen LogP contribution < -0.4 is 0 Å². The van der Waals surface area contributed by atoms with Crippen molar-refractivity contribution >= 4 is 21.4 Å². The maximum absolute atomic E-state index is 10.4. The van der Waals surface area contributed by atoms with E-state index in [1.54, 1.807) is 18.8 Å². The minimum Gasteiger partial charge on any atom is -0.693 e. The van der Waals surface area contributed by atoms with Gasteiger partial charge in [-0.05, 0) is 19.3 Å². The molecule has 6 N–H and O–H groups in total. The molecular formula is C6H12ClN3O6Pt-3. The van der Waals surface area contributed by atoms with Gasteiger partial charge in [0, 0.05) is 0 Å². The van der Waals surface area contributed by atoms with Crippen molar-refractivity contribution in [2.45, 2.75) is 19.3 Å². The van der Waals surface area contributed by atoms with Gasteiger partial charge in [0.15, 0.2) is 5.41 Å². The summed E-state index contributed by atoms with van der Waals surface area (Å²) in [6, 6.07) is 0. The predicted octanol–water partition coefficient (Wildman–Crippen LogP) is 2.70. The Morgan fingerprint density at radius 3 is 1.41 bits per heavy atom. The molecule has 0 unspecified atom stereocenters. The minimum atomic E-state index is -1.44. The maximum Gasteiger partial charge on any atom is -0.693 e. The molecule has 0 heterocycles. The first-order chi connectivity index (χ1) is 7.01. The summed E-state index contributed by atoms with van der Waals surface area (Å²) in [5.74, 6) is -2.41. The van der Waals surface area contributed by atoms with E-state index in [1.165, 1.54) is 0 Å². The molecular weight excluding hydrogens is 441 g/mol. The van der Waals surface area contributed by atoms with Gasteiger partial charge in [0.2, 0.25) is 0 Å². The molecule has 0 saturated heterocycles. The Bertz CT molecular complexity index is 222. The van der Waals surface area contributed by atoms with Gasteiger partial charge < -0.3 is 32.6 Å². The van der Waals surface area contributed by atoms with Crippen LogP contribution in [0.2, 0.25) is 0 Å². The molecule has 9 nitrogen and oxygen atoms in total. The van der Waals surface area contributed by atoms with Crippen LogP contribution in [0.5, 0.6) is 0 Å². The second-order valence-corrected chi connectivity index (χ2v) is 2.62. The largest absolute Gasteiger partial charge is 0.693 e. The Morgan fingerprint density at radius 2 is 1.41 bits per heavy atom. The zero-order valence-corrected chi connectivity index (χ0v) is 11.5. The number of nitrogens with zero attached hydrogens (tertiary/aromatic N) is 1. The third-order valence-electron chi connectivity index (χ3n) is 2.03. The number of carbonyl (C=O) groups is 2. The topological polar surface area (TPSA) is 194 Å². The number of carboxylic acids is 2. The summed E-state index contributed by atoms with van der Waals surface area (Å²) < 4.78 is 0. The summed E-state index contributed by atoms with van der Waals surface area (Å²) in [7, 11) is 4.61. The van der Waals surface area contributed by atoms with Gasteiger partial charge in [-0.3, -0.25) is 9.59 Å². The SMILES string of the molecule is O=C(O)C1(C(=O)O)CCC1.O=N[O-].[Cl][Pt].[NH2-].[NH2-]. The van der Waals surface area contributed by atoms with Gasteiger partial charge in [-0.25, -0.2) is 0 Å². The van der Waals surface area contributed by atoms with E-state index in [4.69, 9.17) is 20.3 Å². The van der Waals surface area contributed by atoms with Gasteiger partial charge in [-0.15, -0.1) is 5.34 Å². The van der Waals surface area contributed by atoms with E-state index < -0.39 is 17.4 Å². The summed E-state index contributed by atoms with van der Waals surface area (Å²) >= 11 is 1.61. The van der Waals surface area contributed by atoms with Gasteiger partial charge >= 0.3 is 40.1 Å². The predicted molar refractivity (Wildman–Crippen MR) is 57.1 cm³/mol. The Labute approximate surface area is 112 Å². The van der Waals surface area contributed by atoms with Crippen LogP contribution in [-0.2, 0) is 28.4 Å². The normalized spacial score (nSPS) is 13.6. The number of aliphatic carboxylic acids is 2. The van der Waals surface area contributed by atoms with Crippen LogP contribution in [-0.4, -0.2) is 22.2 Å². The summed E-state index contributed by atoms with van der Waals surface area (Å²) in [6.45, 7) is 0. The number of rotatable bonds is 2. The summed E-state index contributed by atoms with van der Waals surface area (Å²) in [4.78, 5) is 28.7. The average molecular weight is 453 g/mol. The first-order valence-corrected chi connectivity index (χ1v) is 6.36. The third kappa shape index (κ3) is 7.22. The van der Waals surface area contributed by atoms with Crippen molar-refractivity contribution in [3.05, 3.63) is 22.4 Å². The molecule has 0 radical (unpaired) electrons. The second kappa shape index (κ2) is 13.3. The molecule has 0 aromatic carbocycles. The van der Waals surface area contributed by atoms with E-state index in [0.717, 1.165) is 5.34 Å². The van der Waals surface area contributed by atoms with Crippen LogP contribution in [0.25, 0.3) is 12.3 Å². The molecule has 0 atom stereocenters. The summed E-state index contributed by atoms with van der Waals surface area (Å²) in [5.41, 5.74) is -1.44. The summed E-state index contributed by atoms with van der Waals surface area (Å²) in [6.07, 6.45) is 1.26. The average Bonchev–Trinajstić information content (AvgIpc) is 2.05. The molecule has 17 heavy (non-hydrogen) atoms. The van der Waals surface area contributed by atoms with E-state index >= 15 is 0 Å². The zero-order valence-electron chi connectivity index (χ0n) is 8.44. The van der Waals surface area contributed by atoms with E-state index in [2.05, 4.69) is 9.42 Å². The number of halogens is 1. The van der Waals surface area contributed by atoms with Crippen molar-refractivity contribution in [1.82, 2.24) is 0 Å². The number of hydrogen-bond donors (Lipinski definition) is 2. The van der Waals surface area contributed by atoms with E-state index in [-0.39, 0.29) is 25.1 Å². The first-order valence-electron chi connectivity index (χ1n) is 3.55. The Hall–Kier alpha value is -0.762. The fourth-order valence-corrected chi connectivity index (χ4v) is 1.05. The standard InChI is InChI=1S/C6H8O4.ClH.HNO2.2H2N.Pt/c7-4(8)6(5(9)10)2-1-3-6;;2-1-3;;;/h1-3H2,(H,7,8)(H,9,10);1H;(H,2,3);2*1H2;/q;;;2*-1;+1/p-2. The van der Waals surface area contributed by atoms with Gasteiger partial charge in [-0.2, -0.15) is 0 Å². The van der Waals surface area contributed by atoms with Crippen LogP contribution in [0.1, 0.15) is 19.3 Å². The quantitative estimate of drug-likeness (QED) is 0.367. The molecule has 0 bridgehead atoms. The smallest absolute Gasteiger partial charge is 0.693 e. The van der Waals surface area contributed by atoms with Crippen molar-refractivity contribution in [3.8, 4) is 0 Å². The Morgan fingerprint density at radius 1 is 1.18 bits per heavy atom. The van der Waals surface area contributed by atoms with Crippen molar-refractivity contribution in [3.63, 3.8) is 0 Å². The Kier molecular flexibility index (Phi) is 19.7. The van der Waals surface area contributed by atoms with Crippen LogP contribution in [0.4, 0.5) is 0 Å². The van der Waals surface area contributed by atoms with Crippen LogP contribution >= 0.6 is 9.42 Å². The number of hydrogen-bond acceptors (Lipinski definition) is 5. The van der Waals surface area contributed by atoms with Crippen LogP contribution in [0.15, 0.2) is 5.34 Å². The number of nitrogens with two attached hydrogens (primary N) is 2. The fourth-order valence-electron chi connectivity index (χ4n) is 1.05. The van der Waals surface area contributed by atoms with Crippen molar-refractivity contribution < 1.29 is 38.6 Å². The molecule has 1 aliphatic carbocycles. The van der Waals surface area contributed by atoms with E-state index in [9.17, 15) is 9.59 Å². The first kappa shape index (κ1) is 25.2. The van der Waals surface area contributed by atoms with Crippen molar-refractivity contribution in [2.75, 3.05) is 0 Å². The van der Waals surface area contributed by atoms with Gasteiger partial charge in [0.25, 0.3) is 0 Å². The van der Waals surface area contributed by atoms with Gasteiger partial charge in [0.05, 0.1) is 0 Å². The molecule has 1 aliphatic rings. The van der Waals surface area contributed by atoms with E-state index in [0.29, 0.717) is 6.42 Å². The maximum atomic E-state index is 10.4. The monoisotopic (exact) mass is 452 g/mol. The molecule has 1 fully saturated rings. The molecule has 1 saturated carbocycles. The molecule has 107 valence electrons. The molecule has 11 heteroatoms. The number of carboxylic acid groups (broad SMARTS) is 2. The van der Waals surface area contributed by atoms with Crippen molar-refractivity contribution in [2.24, 2.45) is 10.8 Å². The minimum absolute atomic E-state index is 0. The molecule has 0 aliphatic heterocycles. The van der Waals surface area contributed by atoms with Gasteiger partial charge in [-0.1, -0.05) is 0 Å². The zero-order chi connectivity index (χ0) is 12.5. The molecule has 1 rings (SSSR count). The molecule has 0 amide bonds. The van der Waals surface area contributed by atoms with Gasteiger partial charge in [0.1, 0.15) is 0 Å². The fraction of sp³-hybridized carbons (Fsp3) is 0.667. The van der Waals surface area contributed by atoms with Crippen LogP contribution in [0.3, 0.4) is 0 Å². The molecule has 0 aromatic rings. The Balaban J connectivity index is -0.000000106. The molecule has 0 spiro atoms. The van der Waals surface area contributed by atoms with Crippen LogP contribution in [0, 0.1) is 15.5 Å².